The van der Waals surface area contributed by atoms with Crippen molar-refractivity contribution >= 4 is 27.4 Å². The summed E-state index contributed by atoms with van der Waals surface area (Å²) in [7, 11) is -7.49. The molecule has 0 spiro atoms. The van der Waals surface area contributed by atoms with Crippen molar-refractivity contribution in [1.29, 1.82) is 0 Å². The third kappa shape index (κ3) is 14.6. The van der Waals surface area contributed by atoms with Crippen LogP contribution in [-0.2, 0) is 76.9 Å². The van der Waals surface area contributed by atoms with Gasteiger partial charge >= 0.3 is 15.6 Å². The molecule has 3 aromatic rings. The van der Waals surface area contributed by atoms with Crippen LogP contribution < -0.4 is 0 Å². The molecular formula is C52H76O12P2S. The van der Waals surface area contributed by atoms with Crippen LogP contribution in [0, 0.1) is 23.7 Å². The number of rotatable bonds is 10. The van der Waals surface area contributed by atoms with E-state index in [1.807, 2.05) is 78.9 Å². The van der Waals surface area contributed by atoms with Gasteiger partial charge in [0.15, 0.2) is 6.29 Å². The molecular weight excluding hydrogens is 911 g/mol. The van der Waals surface area contributed by atoms with Gasteiger partial charge in [0.1, 0.15) is 17.6 Å². The molecule has 6 aliphatic rings. The highest BCUT2D eigenvalue weighted by atomic mass is 32.2. The summed E-state index contributed by atoms with van der Waals surface area (Å²) < 4.78 is 81.1. The minimum Gasteiger partial charge on any atom is -0.393 e. The number of hydrogen-bond acceptors (Lipinski definition) is 13. The van der Waals surface area contributed by atoms with Crippen LogP contribution in [0.15, 0.2) is 83.8 Å². The minimum atomic E-state index is -3.75. The Labute approximate surface area is 404 Å². The van der Waals surface area contributed by atoms with Crippen molar-refractivity contribution in [3.05, 3.63) is 101 Å². The number of aliphatic hydroxyl groups is 1. The van der Waals surface area contributed by atoms with Gasteiger partial charge < -0.3 is 19.3 Å². The fourth-order valence-electron chi connectivity index (χ4n) is 9.82. The molecule has 2 aliphatic carbocycles. The van der Waals surface area contributed by atoms with Gasteiger partial charge in [0.2, 0.25) is 0 Å². The van der Waals surface area contributed by atoms with Crippen LogP contribution in [0.5, 0.6) is 0 Å². The zero-order valence-corrected chi connectivity index (χ0v) is 43.1. The molecule has 0 bridgehead atoms. The van der Waals surface area contributed by atoms with Gasteiger partial charge in [-0.1, -0.05) is 159 Å². The number of aliphatic hydroxyl groups excluding tert-OH is 1. The lowest BCUT2D eigenvalue weighted by molar-refractivity contribution is -0.283. The van der Waals surface area contributed by atoms with E-state index in [-0.39, 0.29) is 80.0 Å². The zero-order chi connectivity index (χ0) is 47.4. The van der Waals surface area contributed by atoms with E-state index in [1.54, 1.807) is 11.8 Å². The van der Waals surface area contributed by atoms with Gasteiger partial charge in [0.05, 0.1) is 50.8 Å². The fraction of sp³-hybridized carbons (Fsp3) is 0.654. The second kappa shape index (κ2) is 25.5. The van der Waals surface area contributed by atoms with Gasteiger partial charge in [-0.3, -0.25) is 27.1 Å². The van der Waals surface area contributed by atoms with Crippen molar-refractivity contribution < 1.29 is 55.6 Å². The van der Waals surface area contributed by atoms with E-state index in [0.717, 1.165) is 65.7 Å². The van der Waals surface area contributed by atoms with Crippen molar-refractivity contribution in [1.82, 2.24) is 0 Å². The molecule has 3 aromatic carbocycles. The fourth-order valence-corrected chi connectivity index (χ4v) is 13.9. The molecule has 67 heavy (non-hydrogen) atoms. The molecule has 10 unspecified atom stereocenters. The Morgan fingerprint density at radius 2 is 0.970 bits per heavy atom. The molecule has 372 valence electrons. The summed E-state index contributed by atoms with van der Waals surface area (Å²) in [6, 6.07) is 25.7. The number of phosphoric ester groups is 2. The maximum atomic E-state index is 13.5. The third-order valence-electron chi connectivity index (χ3n) is 14.5. The Hall–Kier alpha value is -1.93. The monoisotopic (exact) mass is 986 g/mol. The lowest BCUT2D eigenvalue weighted by Gasteiger charge is -2.45. The Morgan fingerprint density at radius 1 is 0.552 bits per heavy atom. The van der Waals surface area contributed by atoms with Gasteiger partial charge in [-0.15, -0.1) is 0 Å². The molecule has 10 atom stereocenters. The van der Waals surface area contributed by atoms with E-state index in [4.69, 9.17) is 46.5 Å². The zero-order valence-electron chi connectivity index (χ0n) is 40.5. The van der Waals surface area contributed by atoms with Crippen molar-refractivity contribution in [2.45, 2.75) is 198 Å². The highest BCUT2D eigenvalue weighted by molar-refractivity contribution is 7.99. The number of benzene rings is 3. The molecule has 2 saturated carbocycles. The van der Waals surface area contributed by atoms with Crippen molar-refractivity contribution in [3.63, 3.8) is 0 Å². The van der Waals surface area contributed by atoms with E-state index in [1.165, 1.54) is 38.5 Å². The number of phosphoric acid groups is 2. The van der Waals surface area contributed by atoms with Crippen LogP contribution in [-0.4, -0.2) is 53.5 Å². The molecule has 1 N–H and O–H groups in total. The Balaban J connectivity index is 0.000000173. The summed E-state index contributed by atoms with van der Waals surface area (Å²) in [6.07, 6.45) is 12.3. The molecule has 15 heteroatoms. The van der Waals surface area contributed by atoms with Crippen LogP contribution in [0.1, 0.15) is 141 Å². The lowest BCUT2D eigenvalue weighted by atomic mass is 9.82. The molecule has 9 rings (SSSR count). The predicted molar refractivity (Wildman–Crippen MR) is 261 cm³/mol. The number of ether oxygens (including phenoxy) is 3. The summed E-state index contributed by atoms with van der Waals surface area (Å²) in [6.45, 7) is 13.7. The van der Waals surface area contributed by atoms with E-state index in [9.17, 15) is 9.13 Å². The standard InChI is InChI=1S/C23H35O6P.C23H29O5PS.C6H12O/c1-4-21-16(2)17(3)22(23(28-21)27-20-12-6-5-7-13-20)29-30(24)25-14-18-10-8-9-11-19(18)15-26-30;1-4-21-16(2)17(3)22(23(27-21)30-20-12-6-5-7-13-20)28-29(24)25-14-18-10-8-9-11-19(18)15-26-29;7-6-4-2-1-3-5-6/h8-11,16-17,20-23H,4-7,12-15H2,1-3H3;5-13,16-17,21-23H,4,14-15H2,1-3H3;6-7H,1-5H2. The first kappa shape index (κ1) is 52.9. The lowest BCUT2D eigenvalue weighted by Crippen LogP contribution is -2.52. The quantitative estimate of drug-likeness (QED) is 0.193. The maximum Gasteiger partial charge on any atom is 0.475 e. The Bertz CT molecular complexity index is 1990. The topological polar surface area (TPSA) is 137 Å². The number of fused-ring (bicyclic) bond motifs is 2. The molecule has 0 aromatic heterocycles. The van der Waals surface area contributed by atoms with Crippen LogP contribution in [0.3, 0.4) is 0 Å². The summed E-state index contributed by atoms with van der Waals surface area (Å²) >= 11 is 1.60. The first-order valence-electron chi connectivity index (χ1n) is 25.0. The first-order chi connectivity index (χ1) is 32.4. The Morgan fingerprint density at radius 3 is 1.42 bits per heavy atom. The molecule has 4 heterocycles. The molecule has 12 nitrogen and oxygen atoms in total. The first-order valence-corrected chi connectivity index (χ1v) is 28.8. The van der Waals surface area contributed by atoms with Crippen LogP contribution in [0.2, 0.25) is 0 Å². The minimum absolute atomic E-state index is 0.0359. The van der Waals surface area contributed by atoms with Crippen molar-refractivity contribution in [3.8, 4) is 0 Å². The third-order valence-corrected chi connectivity index (χ3v) is 18.5. The molecule has 0 amide bonds. The molecule has 4 aliphatic heterocycles. The maximum absolute atomic E-state index is 13.5. The second-order valence-corrected chi connectivity index (χ2v) is 23.5. The normalized spacial score (nSPS) is 32.1. The van der Waals surface area contributed by atoms with Crippen molar-refractivity contribution in [2.24, 2.45) is 23.7 Å². The summed E-state index contributed by atoms with van der Waals surface area (Å²) in [4.78, 5) is 1.08. The van der Waals surface area contributed by atoms with Gasteiger partial charge in [-0.25, -0.2) is 9.13 Å². The van der Waals surface area contributed by atoms with Gasteiger partial charge in [0.25, 0.3) is 0 Å². The predicted octanol–water partition coefficient (Wildman–Crippen LogP) is 13.7. The van der Waals surface area contributed by atoms with E-state index in [0.29, 0.717) is 0 Å². The van der Waals surface area contributed by atoms with Gasteiger partial charge in [0, 0.05) is 4.90 Å². The van der Waals surface area contributed by atoms with Crippen LogP contribution in [0.4, 0.5) is 0 Å². The second-order valence-electron chi connectivity index (χ2n) is 19.1. The number of hydrogen-bond donors (Lipinski definition) is 1. The average molecular weight is 987 g/mol. The summed E-state index contributed by atoms with van der Waals surface area (Å²) in [5, 5.41) is 8.91. The molecule has 4 fully saturated rings. The Kier molecular flexibility index (Phi) is 20.1. The highest BCUT2D eigenvalue weighted by Gasteiger charge is 2.49. The highest BCUT2D eigenvalue weighted by Crippen LogP contribution is 2.58. The summed E-state index contributed by atoms with van der Waals surface area (Å²) in [5.41, 5.74) is 3.59. The average Bonchev–Trinajstić information content (AvgIpc) is 3.63. The van der Waals surface area contributed by atoms with E-state index in [2.05, 4.69) is 41.5 Å². The largest absolute Gasteiger partial charge is 0.475 e. The SMILES string of the molecule is CCC1OC(OC2CCCCC2)C(OP2(=O)OCc3ccccc3CO2)C(C)C1C.CCC1OC(Sc2ccccc2)C(OP2(=O)OCc3ccccc3CO2)C(C)C1C.OC1CCCCC1. The smallest absolute Gasteiger partial charge is 0.393 e. The summed E-state index contributed by atoms with van der Waals surface area (Å²) in [5.74, 6) is 0.750. The van der Waals surface area contributed by atoms with Crippen molar-refractivity contribution in [2.75, 3.05) is 0 Å². The van der Waals surface area contributed by atoms with E-state index >= 15 is 0 Å². The number of thioether (sulfide) groups is 1. The molecule has 2 saturated heterocycles. The van der Waals surface area contributed by atoms with Crippen LogP contribution >= 0.6 is 27.4 Å². The van der Waals surface area contributed by atoms with Gasteiger partial charge in [-0.05, 0) is 96.6 Å². The van der Waals surface area contributed by atoms with Crippen LogP contribution in [0.25, 0.3) is 0 Å². The van der Waals surface area contributed by atoms with Gasteiger partial charge in [-0.2, -0.15) is 0 Å². The molecule has 0 radical (unpaired) electrons. The van der Waals surface area contributed by atoms with E-state index < -0.39 is 34.1 Å².